The molecule has 0 unspecified atom stereocenters. The van der Waals surface area contributed by atoms with Gasteiger partial charge in [-0.3, -0.25) is 9.69 Å². The van der Waals surface area contributed by atoms with E-state index in [9.17, 15) is 20.1 Å². The molecule has 5 heteroatoms. The molecule has 4 bridgehead atoms. The molecular weight excluding hydrogens is 342 g/mol. The quantitative estimate of drug-likeness (QED) is 0.635. The first-order valence-corrected chi connectivity index (χ1v) is 10.7. The predicted molar refractivity (Wildman–Crippen MR) is 101 cm³/mol. The Kier molecular flexibility index (Phi) is 3.83. The number of β-amino-alcohol motifs (C(OH)–C–C–N with tert-alkyl or cyclic N) is 1. The fourth-order valence-electron chi connectivity index (χ4n) is 8.55. The van der Waals surface area contributed by atoms with Gasteiger partial charge in [-0.2, -0.15) is 0 Å². The minimum absolute atomic E-state index is 0.0200. The highest BCUT2D eigenvalue weighted by Crippen LogP contribution is 2.72. The average Bonchev–Trinajstić information content (AvgIpc) is 2.63. The zero-order chi connectivity index (χ0) is 19.2. The van der Waals surface area contributed by atoms with Crippen LogP contribution < -0.4 is 0 Å². The monoisotopic (exact) mass is 375 g/mol. The molecule has 0 amide bonds. The van der Waals surface area contributed by atoms with Crippen molar-refractivity contribution >= 4 is 5.78 Å². The van der Waals surface area contributed by atoms with E-state index in [0.29, 0.717) is 18.9 Å². The van der Waals surface area contributed by atoms with E-state index < -0.39 is 17.6 Å². The number of Topliss-reactive ketones (excluding diaryl/α,β-unsaturated/α-hetero) is 1. The number of nitrogens with zero attached hydrogens (tertiary/aromatic N) is 1. The molecule has 0 aromatic carbocycles. The summed E-state index contributed by atoms with van der Waals surface area (Å²) >= 11 is 0. The van der Waals surface area contributed by atoms with Crippen LogP contribution in [0.2, 0.25) is 0 Å². The maximum atomic E-state index is 13.3. The van der Waals surface area contributed by atoms with Crippen molar-refractivity contribution in [3.05, 3.63) is 12.2 Å². The lowest BCUT2D eigenvalue weighted by Crippen LogP contribution is -2.76. The van der Waals surface area contributed by atoms with Gasteiger partial charge in [-0.15, -0.1) is 0 Å². The molecule has 6 rings (SSSR count). The summed E-state index contributed by atoms with van der Waals surface area (Å²) in [5.74, 6) is 0.662. The van der Waals surface area contributed by atoms with Crippen LogP contribution in [-0.4, -0.2) is 64.5 Å². The second-order valence-electron chi connectivity index (χ2n) is 10.5. The number of piperidine rings is 1. The Morgan fingerprint density at radius 2 is 1.96 bits per heavy atom. The van der Waals surface area contributed by atoms with Gasteiger partial charge in [-0.05, 0) is 60.8 Å². The summed E-state index contributed by atoms with van der Waals surface area (Å²) in [6.07, 6.45) is 3.60. The van der Waals surface area contributed by atoms with E-state index in [1.165, 1.54) is 0 Å². The highest BCUT2D eigenvalue weighted by Gasteiger charge is 2.74. The minimum atomic E-state index is -0.758. The van der Waals surface area contributed by atoms with Crippen molar-refractivity contribution < 1.29 is 20.1 Å². The van der Waals surface area contributed by atoms with Crippen LogP contribution in [0.25, 0.3) is 0 Å². The number of aliphatic hydroxyl groups is 3. The Hall–Kier alpha value is -0.750. The lowest BCUT2D eigenvalue weighted by Gasteiger charge is -2.73. The van der Waals surface area contributed by atoms with Crippen LogP contribution in [0.3, 0.4) is 0 Å². The number of hydrogen-bond acceptors (Lipinski definition) is 5. The topological polar surface area (TPSA) is 81.0 Å². The molecule has 5 nitrogen and oxygen atoms in total. The van der Waals surface area contributed by atoms with Gasteiger partial charge in [0.2, 0.25) is 0 Å². The van der Waals surface area contributed by atoms with E-state index in [1.807, 2.05) is 0 Å². The number of likely N-dealkylation sites (tertiary alicyclic amines) is 1. The summed E-state index contributed by atoms with van der Waals surface area (Å²) in [4.78, 5) is 15.6. The highest BCUT2D eigenvalue weighted by atomic mass is 16.3. The first-order chi connectivity index (χ1) is 12.8. The van der Waals surface area contributed by atoms with Gasteiger partial charge in [0.25, 0.3) is 0 Å². The summed E-state index contributed by atoms with van der Waals surface area (Å²) in [6.45, 7) is 8.92. The standard InChI is InChI=1S/C22H33NO4/c1-13-14-9-16-21(19(13)27,18(26)10-14)6-3-15-20(2)5-4-17(25)22(15,16)12-23(11-20)7-8-24/h14-17,19,24-25,27H,1,3-12H2,2H3/t14-,15-,16-,17+,19+,20+,21+,22-/m1/s1. The number of aliphatic hydroxyl groups excluding tert-OH is 3. The van der Waals surface area contributed by atoms with Gasteiger partial charge in [-0.25, -0.2) is 0 Å². The van der Waals surface area contributed by atoms with Gasteiger partial charge >= 0.3 is 0 Å². The summed E-state index contributed by atoms with van der Waals surface area (Å²) < 4.78 is 0. The van der Waals surface area contributed by atoms with Crippen LogP contribution >= 0.6 is 0 Å². The van der Waals surface area contributed by atoms with Crippen LogP contribution in [0, 0.1) is 34.0 Å². The maximum Gasteiger partial charge on any atom is 0.142 e. The first-order valence-electron chi connectivity index (χ1n) is 10.7. The van der Waals surface area contributed by atoms with Crippen LogP contribution in [0.5, 0.6) is 0 Å². The SMILES string of the molecule is C=C1[C@H]2CC(=O)[C@@]3(CC[C@@H]4[C@@]5(C)CC[C@H](O)[C@@]4(CN(CCO)C5)[C@@H]3C2)[C@H]1O. The van der Waals surface area contributed by atoms with Crippen molar-refractivity contribution in [1.82, 2.24) is 4.90 Å². The maximum absolute atomic E-state index is 13.3. The zero-order valence-corrected chi connectivity index (χ0v) is 16.4. The van der Waals surface area contributed by atoms with Gasteiger partial charge in [-0.1, -0.05) is 13.5 Å². The molecule has 5 saturated carbocycles. The van der Waals surface area contributed by atoms with Gasteiger partial charge < -0.3 is 15.3 Å². The lowest BCUT2D eigenvalue weighted by molar-refractivity contribution is -0.264. The van der Waals surface area contributed by atoms with Crippen LogP contribution in [0.4, 0.5) is 0 Å². The van der Waals surface area contributed by atoms with Gasteiger partial charge in [0, 0.05) is 31.5 Å². The molecule has 0 radical (unpaired) electrons. The Bertz CT molecular complexity index is 694. The fourth-order valence-corrected chi connectivity index (χ4v) is 8.55. The van der Waals surface area contributed by atoms with Gasteiger partial charge in [0.05, 0.1) is 24.2 Å². The molecule has 1 spiro atoms. The number of carbonyl (C=O) groups is 1. The molecule has 1 aliphatic heterocycles. The van der Waals surface area contributed by atoms with E-state index in [-0.39, 0.29) is 35.1 Å². The van der Waals surface area contributed by atoms with E-state index in [2.05, 4.69) is 18.4 Å². The van der Waals surface area contributed by atoms with Crippen molar-refractivity contribution in [3.8, 4) is 0 Å². The number of fused-ring (bicyclic) bond motifs is 2. The fraction of sp³-hybridized carbons (Fsp3) is 0.864. The normalized spacial score (nSPS) is 54.6. The van der Waals surface area contributed by atoms with Gasteiger partial charge in [0.1, 0.15) is 5.78 Å². The van der Waals surface area contributed by atoms with Crippen LogP contribution in [0.15, 0.2) is 12.2 Å². The third kappa shape index (κ3) is 2.02. The smallest absolute Gasteiger partial charge is 0.142 e. The molecular formula is C22H33NO4. The Balaban J connectivity index is 1.66. The van der Waals surface area contributed by atoms with Crippen LogP contribution in [0.1, 0.15) is 45.4 Å². The first kappa shape index (κ1) is 18.3. The third-order valence-electron chi connectivity index (χ3n) is 9.55. The molecule has 3 N–H and O–H groups in total. The molecule has 0 aromatic heterocycles. The van der Waals surface area contributed by atoms with Gasteiger partial charge in [0.15, 0.2) is 0 Å². The lowest BCUT2D eigenvalue weighted by atomic mass is 9.34. The Labute approximate surface area is 161 Å². The minimum Gasteiger partial charge on any atom is -0.395 e. The molecule has 150 valence electrons. The van der Waals surface area contributed by atoms with Crippen molar-refractivity contribution in [2.75, 3.05) is 26.2 Å². The average molecular weight is 376 g/mol. The largest absolute Gasteiger partial charge is 0.395 e. The predicted octanol–water partition coefficient (Wildman–Crippen LogP) is 1.36. The summed E-state index contributed by atoms with van der Waals surface area (Å²) in [5.41, 5.74) is -0.147. The van der Waals surface area contributed by atoms with Crippen LogP contribution in [-0.2, 0) is 4.79 Å². The second kappa shape index (κ2) is 5.65. The van der Waals surface area contributed by atoms with Crippen molar-refractivity contribution in [1.29, 1.82) is 0 Å². The zero-order valence-electron chi connectivity index (χ0n) is 16.4. The van der Waals surface area contributed by atoms with E-state index >= 15 is 0 Å². The molecule has 5 aliphatic carbocycles. The molecule has 6 aliphatic rings. The summed E-state index contributed by atoms with van der Waals surface area (Å²) in [7, 11) is 0. The molecule has 1 saturated heterocycles. The summed E-state index contributed by atoms with van der Waals surface area (Å²) in [6, 6.07) is 0. The Morgan fingerprint density at radius 3 is 2.70 bits per heavy atom. The number of hydrogen-bond donors (Lipinski definition) is 3. The molecule has 6 fully saturated rings. The number of ketones is 1. The molecule has 27 heavy (non-hydrogen) atoms. The molecule has 0 aromatic rings. The molecule has 8 atom stereocenters. The number of carbonyl (C=O) groups excluding carboxylic acids is 1. The Morgan fingerprint density at radius 1 is 1.19 bits per heavy atom. The van der Waals surface area contributed by atoms with Crippen molar-refractivity contribution in [2.45, 2.75) is 57.7 Å². The van der Waals surface area contributed by atoms with Crippen molar-refractivity contribution in [2.24, 2.45) is 34.0 Å². The van der Waals surface area contributed by atoms with E-state index in [1.54, 1.807) is 0 Å². The van der Waals surface area contributed by atoms with E-state index in [4.69, 9.17) is 0 Å². The second-order valence-corrected chi connectivity index (χ2v) is 10.5. The summed E-state index contributed by atoms with van der Waals surface area (Å²) in [5, 5.41) is 32.1. The number of rotatable bonds is 2. The third-order valence-corrected chi connectivity index (χ3v) is 9.55. The van der Waals surface area contributed by atoms with Crippen molar-refractivity contribution in [3.63, 3.8) is 0 Å². The van der Waals surface area contributed by atoms with E-state index in [0.717, 1.165) is 50.8 Å². The molecule has 1 heterocycles. The highest BCUT2D eigenvalue weighted by molar-refractivity contribution is 5.90.